The predicted octanol–water partition coefficient (Wildman–Crippen LogP) is 3.44. The molecule has 0 saturated carbocycles. The number of thiocarbonyl (C=S) groups is 1. The summed E-state index contributed by atoms with van der Waals surface area (Å²) in [5.74, 6) is 0.291. The minimum absolute atomic E-state index is 0.0473. The number of rotatable bonds is 4. The van der Waals surface area contributed by atoms with Gasteiger partial charge in [0.1, 0.15) is 11.5 Å². The Morgan fingerprint density at radius 2 is 1.72 bits per heavy atom. The normalized spacial score (nSPS) is 10.2. The van der Waals surface area contributed by atoms with Gasteiger partial charge in [-0.1, -0.05) is 48.5 Å². The lowest BCUT2D eigenvalue weighted by molar-refractivity contribution is -0.121. The number of carbonyl (C=O) groups excluding carboxylic acids is 1. The average Bonchev–Trinajstić information content (AvgIpc) is 2.62. The summed E-state index contributed by atoms with van der Waals surface area (Å²) in [5.41, 5.74) is 0.419. The van der Waals surface area contributed by atoms with E-state index in [1.165, 1.54) is 6.07 Å². The molecule has 0 saturated heterocycles. The molecule has 0 atom stereocenters. The molecule has 6 heteroatoms. The van der Waals surface area contributed by atoms with Crippen LogP contribution in [-0.4, -0.2) is 22.7 Å². The molecule has 0 aliphatic rings. The van der Waals surface area contributed by atoms with Gasteiger partial charge in [-0.25, -0.2) is 0 Å². The zero-order valence-corrected chi connectivity index (χ0v) is 14.0. The highest BCUT2D eigenvalue weighted by Crippen LogP contribution is 2.25. The standard InChI is InChI=1S/C19H16N2O3S/c22-16-10-4-3-9-15(16)20-19(25)21-18(23)12-24-17-11-5-7-13-6-1-2-8-14(13)17/h1-11,22H,12H2,(H2,20,21,23,25). The van der Waals surface area contributed by atoms with Crippen molar-refractivity contribution in [1.29, 1.82) is 0 Å². The number of benzene rings is 3. The summed E-state index contributed by atoms with van der Waals surface area (Å²) in [6, 6.07) is 20.1. The third-order valence-corrected chi connectivity index (χ3v) is 3.72. The first-order valence-corrected chi connectivity index (χ1v) is 8.04. The van der Waals surface area contributed by atoms with E-state index >= 15 is 0 Å². The molecule has 3 N–H and O–H groups in total. The fourth-order valence-electron chi connectivity index (χ4n) is 2.36. The minimum atomic E-state index is -0.388. The zero-order chi connectivity index (χ0) is 17.6. The highest BCUT2D eigenvalue weighted by atomic mass is 32.1. The van der Waals surface area contributed by atoms with Crippen molar-refractivity contribution in [1.82, 2.24) is 5.32 Å². The number of phenolic OH excluding ortho intramolecular Hbond substituents is 1. The number of fused-ring (bicyclic) bond motifs is 1. The van der Waals surface area contributed by atoms with Crippen molar-refractivity contribution in [2.45, 2.75) is 0 Å². The summed E-state index contributed by atoms with van der Waals surface area (Å²) in [4.78, 5) is 12.0. The van der Waals surface area contributed by atoms with Crippen molar-refractivity contribution < 1.29 is 14.6 Å². The van der Waals surface area contributed by atoms with Crippen molar-refractivity contribution >= 4 is 39.7 Å². The van der Waals surface area contributed by atoms with Gasteiger partial charge in [0.2, 0.25) is 0 Å². The summed E-state index contributed by atoms with van der Waals surface area (Å²) in [5, 5.41) is 17.0. The minimum Gasteiger partial charge on any atom is -0.506 e. The van der Waals surface area contributed by atoms with Crippen molar-refractivity contribution in [2.24, 2.45) is 0 Å². The van der Waals surface area contributed by atoms with Crippen molar-refractivity contribution in [3.8, 4) is 11.5 Å². The molecule has 3 rings (SSSR count). The van der Waals surface area contributed by atoms with Crippen LogP contribution in [0.1, 0.15) is 0 Å². The number of aromatic hydroxyl groups is 1. The highest BCUT2D eigenvalue weighted by molar-refractivity contribution is 7.80. The van der Waals surface area contributed by atoms with Crippen LogP contribution < -0.4 is 15.4 Å². The molecule has 0 heterocycles. The number of amides is 1. The maximum atomic E-state index is 12.0. The molecule has 0 aromatic heterocycles. The molecular formula is C19H16N2O3S. The summed E-state index contributed by atoms with van der Waals surface area (Å²) in [6.45, 7) is -0.170. The SMILES string of the molecule is O=C(COc1cccc2ccccc12)NC(=S)Nc1ccccc1O. The molecule has 3 aromatic carbocycles. The Balaban J connectivity index is 1.57. The summed E-state index contributed by atoms with van der Waals surface area (Å²) in [6.07, 6.45) is 0. The van der Waals surface area contributed by atoms with Crippen molar-refractivity contribution in [3.05, 3.63) is 66.7 Å². The quantitative estimate of drug-likeness (QED) is 0.496. The van der Waals surface area contributed by atoms with Crippen LogP contribution in [0.15, 0.2) is 66.7 Å². The fraction of sp³-hybridized carbons (Fsp3) is 0.0526. The van der Waals surface area contributed by atoms with E-state index in [0.717, 1.165) is 10.8 Å². The van der Waals surface area contributed by atoms with Gasteiger partial charge in [0.05, 0.1) is 5.69 Å². The number of carbonyl (C=O) groups is 1. The van der Waals surface area contributed by atoms with E-state index in [1.54, 1.807) is 18.2 Å². The van der Waals surface area contributed by atoms with Gasteiger partial charge in [0, 0.05) is 5.39 Å². The smallest absolute Gasteiger partial charge is 0.264 e. The number of ether oxygens (including phenoxy) is 1. The molecule has 0 bridgehead atoms. The third-order valence-electron chi connectivity index (χ3n) is 3.51. The van der Waals surface area contributed by atoms with Crippen LogP contribution >= 0.6 is 12.2 Å². The second-order valence-corrected chi connectivity index (χ2v) is 5.69. The molecule has 1 amide bonds. The van der Waals surface area contributed by atoms with Gasteiger partial charge < -0.3 is 15.2 Å². The molecule has 3 aromatic rings. The third kappa shape index (κ3) is 4.24. The Hall–Kier alpha value is -3.12. The Bertz CT molecular complexity index is 922. The Labute approximate surface area is 150 Å². The van der Waals surface area contributed by atoms with Gasteiger partial charge in [0.15, 0.2) is 11.7 Å². The van der Waals surface area contributed by atoms with Gasteiger partial charge in [-0.05, 0) is 35.8 Å². The van der Waals surface area contributed by atoms with Gasteiger partial charge in [-0.2, -0.15) is 0 Å². The number of hydrogen-bond acceptors (Lipinski definition) is 4. The Kier molecular flexibility index (Phi) is 5.11. The average molecular weight is 352 g/mol. The fourth-order valence-corrected chi connectivity index (χ4v) is 2.58. The van der Waals surface area contributed by atoms with Crippen molar-refractivity contribution in [3.63, 3.8) is 0 Å². The maximum Gasteiger partial charge on any atom is 0.264 e. The lowest BCUT2D eigenvalue weighted by Crippen LogP contribution is -2.37. The molecule has 0 unspecified atom stereocenters. The second kappa shape index (κ2) is 7.63. The van der Waals surface area contributed by atoms with E-state index < -0.39 is 0 Å². The van der Waals surface area contributed by atoms with E-state index in [9.17, 15) is 9.90 Å². The van der Waals surface area contributed by atoms with E-state index in [2.05, 4.69) is 10.6 Å². The lowest BCUT2D eigenvalue weighted by Gasteiger charge is -2.12. The van der Waals surface area contributed by atoms with Crippen molar-refractivity contribution in [2.75, 3.05) is 11.9 Å². The largest absolute Gasteiger partial charge is 0.506 e. The van der Waals surface area contributed by atoms with Crippen LogP contribution in [0.3, 0.4) is 0 Å². The summed E-state index contributed by atoms with van der Waals surface area (Å²) < 4.78 is 5.61. The first-order valence-electron chi connectivity index (χ1n) is 7.63. The van der Waals surface area contributed by atoms with Crippen LogP contribution in [0.5, 0.6) is 11.5 Å². The van der Waals surface area contributed by atoms with Crippen LogP contribution in [0.2, 0.25) is 0 Å². The molecule has 25 heavy (non-hydrogen) atoms. The Morgan fingerprint density at radius 1 is 1.00 bits per heavy atom. The second-order valence-electron chi connectivity index (χ2n) is 5.29. The molecule has 0 radical (unpaired) electrons. The number of phenols is 1. The Morgan fingerprint density at radius 3 is 2.56 bits per heavy atom. The van der Waals surface area contributed by atoms with E-state index in [1.807, 2.05) is 42.5 Å². The molecule has 0 fully saturated rings. The monoisotopic (exact) mass is 352 g/mol. The summed E-state index contributed by atoms with van der Waals surface area (Å²) >= 11 is 5.07. The number of anilines is 1. The zero-order valence-electron chi connectivity index (χ0n) is 13.2. The first kappa shape index (κ1) is 16.7. The number of para-hydroxylation sites is 2. The van der Waals surface area contributed by atoms with Gasteiger partial charge in [-0.3, -0.25) is 10.1 Å². The van der Waals surface area contributed by atoms with E-state index in [4.69, 9.17) is 17.0 Å². The first-order chi connectivity index (χ1) is 12.1. The lowest BCUT2D eigenvalue weighted by atomic mass is 10.1. The van der Waals surface area contributed by atoms with Gasteiger partial charge >= 0.3 is 0 Å². The maximum absolute atomic E-state index is 12.0. The molecule has 5 nitrogen and oxygen atoms in total. The van der Waals surface area contributed by atoms with Gasteiger partial charge in [-0.15, -0.1) is 0 Å². The molecule has 0 spiro atoms. The van der Waals surface area contributed by atoms with Crippen LogP contribution in [0.25, 0.3) is 10.8 Å². The highest BCUT2D eigenvalue weighted by Gasteiger charge is 2.09. The molecule has 0 aliphatic heterocycles. The van der Waals surface area contributed by atoms with E-state index in [0.29, 0.717) is 11.4 Å². The summed E-state index contributed by atoms with van der Waals surface area (Å²) in [7, 11) is 0. The van der Waals surface area contributed by atoms with Crippen LogP contribution in [-0.2, 0) is 4.79 Å². The molecule has 0 aliphatic carbocycles. The van der Waals surface area contributed by atoms with E-state index in [-0.39, 0.29) is 23.4 Å². The van der Waals surface area contributed by atoms with Gasteiger partial charge in [0.25, 0.3) is 5.91 Å². The molecule has 126 valence electrons. The predicted molar refractivity (Wildman–Crippen MR) is 102 cm³/mol. The van der Waals surface area contributed by atoms with Crippen LogP contribution in [0.4, 0.5) is 5.69 Å². The topological polar surface area (TPSA) is 70.6 Å². The number of hydrogen-bond donors (Lipinski definition) is 3. The number of nitrogens with one attached hydrogen (secondary N) is 2. The van der Waals surface area contributed by atoms with Crippen LogP contribution in [0, 0.1) is 0 Å². The molecular weight excluding hydrogens is 336 g/mol.